The van der Waals surface area contributed by atoms with E-state index >= 15 is 0 Å². The van der Waals surface area contributed by atoms with Gasteiger partial charge in [0.15, 0.2) is 29.8 Å². The smallest absolute Gasteiger partial charge is 0.254 e. The largest absolute Gasteiger partial charge is 0.619 e. The van der Waals surface area contributed by atoms with Gasteiger partial charge in [-0.05, 0) is 20.8 Å². The van der Waals surface area contributed by atoms with Gasteiger partial charge in [-0.15, -0.1) is 0 Å². The second kappa shape index (κ2) is 10.6. The Hall–Kier alpha value is -4.26. The maximum Gasteiger partial charge on any atom is 0.254 e. The number of aromatic nitrogens is 3. The zero-order chi connectivity index (χ0) is 27.6. The summed E-state index contributed by atoms with van der Waals surface area (Å²) in [6.45, 7) is 6.74. The van der Waals surface area contributed by atoms with Crippen molar-refractivity contribution in [1.29, 1.82) is 0 Å². The molecule has 1 saturated heterocycles. The van der Waals surface area contributed by atoms with Crippen LogP contribution in [0.3, 0.4) is 0 Å². The highest BCUT2D eigenvalue weighted by molar-refractivity contribution is 5.95. The van der Waals surface area contributed by atoms with Crippen molar-refractivity contribution < 1.29 is 32.2 Å². The Kier molecular flexibility index (Phi) is 7.49. The minimum atomic E-state index is -1.24. The van der Waals surface area contributed by atoms with Gasteiger partial charge in [0, 0.05) is 43.9 Å². The molecule has 1 fully saturated rings. The average molecular weight is 531 g/mol. The molecular formula is C25H25F3N6O4. The molecule has 1 atom stereocenters. The quantitative estimate of drug-likeness (QED) is 0.385. The molecule has 10 nitrogen and oxygen atoms in total. The third-order valence-electron chi connectivity index (χ3n) is 6.20. The standard InChI is InChI=1S/C25H25F3N6O4/c1-15(32-8-9-34(25(2,3)14-32)24(36)16-4-6-33(37)7-5-16)23(35)31-20-12-30-21(13-29-20)38-22-18(27)10-17(26)11-19(22)28/h4-7,10-13,15H,8-9,14H2,1-3H3,(H,29,31,35)/t15-/m1/s1. The summed E-state index contributed by atoms with van der Waals surface area (Å²) in [6.07, 6.45) is 4.76. The second-order valence-electron chi connectivity index (χ2n) is 9.39. The number of halogens is 3. The maximum atomic E-state index is 13.8. The maximum absolute atomic E-state index is 13.8. The van der Waals surface area contributed by atoms with Gasteiger partial charge in [0.1, 0.15) is 5.82 Å². The number of nitrogens with zero attached hydrogens (tertiary/aromatic N) is 5. The molecule has 4 rings (SSSR count). The summed E-state index contributed by atoms with van der Waals surface area (Å²) < 4.78 is 46.3. The molecule has 0 unspecified atom stereocenters. The monoisotopic (exact) mass is 530 g/mol. The minimum absolute atomic E-state index is 0.0852. The first-order valence-corrected chi connectivity index (χ1v) is 11.6. The molecule has 0 radical (unpaired) electrons. The van der Waals surface area contributed by atoms with E-state index in [9.17, 15) is 28.0 Å². The highest BCUT2D eigenvalue weighted by Gasteiger charge is 2.39. The molecule has 0 spiro atoms. The highest BCUT2D eigenvalue weighted by atomic mass is 19.1. The lowest BCUT2D eigenvalue weighted by Crippen LogP contribution is -2.63. The number of anilines is 1. The summed E-state index contributed by atoms with van der Waals surface area (Å²) in [5, 5.41) is 13.9. The van der Waals surface area contributed by atoms with Crippen molar-refractivity contribution in [3.63, 3.8) is 0 Å². The van der Waals surface area contributed by atoms with Crippen LogP contribution in [0.4, 0.5) is 19.0 Å². The summed E-state index contributed by atoms with van der Waals surface area (Å²) in [5.41, 5.74) is -0.197. The number of pyridine rings is 1. The van der Waals surface area contributed by atoms with E-state index in [1.165, 1.54) is 24.5 Å². The molecule has 3 heterocycles. The first-order chi connectivity index (χ1) is 17.9. The number of hydrogen-bond acceptors (Lipinski definition) is 7. The number of rotatable bonds is 6. The van der Waals surface area contributed by atoms with Crippen LogP contribution in [-0.2, 0) is 4.79 Å². The van der Waals surface area contributed by atoms with E-state index in [1.54, 1.807) is 11.8 Å². The van der Waals surface area contributed by atoms with Crippen LogP contribution in [0.2, 0.25) is 0 Å². The molecule has 2 aromatic heterocycles. The van der Waals surface area contributed by atoms with Crippen molar-refractivity contribution in [3.8, 4) is 11.6 Å². The predicted molar refractivity (Wildman–Crippen MR) is 129 cm³/mol. The summed E-state index contributed by atoms with van der Waals surface area (Å²) in [5.74, 6) is -5.13. The highest BCUT2D eigenvalue weighted by Crippen LogP contribution is 2.28. The van der Waals surface area contributed by atoms with E-state index < -0.39 is 34.8 Å². The minimum Gasteiger partial charge on any atom is -0.619 e. The Bertz CT molecular complexity index is 1310. The van der Waals surface area contributed by atoms with Crippen molar-refractivity contribution in [2.24, 2.45) is 0 Å². The first kappa shape index (κ1) is 26.8. The third-order valence-corrected chi connectivity index (χ3v) is 6.20. The molecule has 1 N–H and O–H groups in total. The molecule has 2 amide bonds. The normalized spacial score (nSPS) is 16.1. The van der Waals surface area contributed by atoms with Gasteiger partial charge in [-0.1, -0.05) is 0 Å². The van der Waals surface area contributed by atoms with Crippen molar-refractivity contribution >= 4 is 17.6 Å². The van der Waals surface area contributed by atoms with Gasteiger partial charge in [0.05, 0.1) is 29.5 Å². The topological polar surface area (TPSA) is 115 Å². The number of hydrogen-bond donors (Lipinski definition) is 1. The fourth-order valence-corrected chi connectivity index (χ4v) is 4.17. The number of carbonyl (C=O) groups excluding carboxylic acids is 2. The van der Waals surface area contributed by atoms with Crippen molar-refractivity contribution in [3.05, 3.63) is 77.3 Å². The molecular weight excluding hydrogens is 505 g/mol. The average Bonchev–Trinajstić information content (AvgIpc) is 2.86. The number of carbonyl (C=O) groups is 2. The summed E-state index contributed by atoms with van der Waals surface area (Å²) >= 11 is 0. The number of amides is 2. The summed E-state index contributed by atoms with van der Waals surface area (Å²) in [7, 11) is 0. The van der Waals surface area contributed by atoms with Crippen molar-refractivity contribution in [2.75, 3.05) is 25.0 Å². The van der Waals surface area contributed by atoms with Crippen LogP contribution in [-0.4, -0.2) is 62.8 Å². The van der Waals surface area contributed by atoms with Crippen LogP contribution in [0, 0.1) is 22.7 Å². The van der Waals surface area contributed by atoms with E-state index in [4.69, 9.17) is 4.74 Å². The second-order valence-corrected chi connectivity index (χ2v) is 9.39. The van der Waals surface area contributed by atoms with Gasteiger partial charge in [-0.2, -0.15) is 4.73 Å². The first-order valence-electron chi connectivity index (χ1n) is 11.6. The van der Waals surface area contributed by atoms with Gasteiger partial charge >= 0.3 is 0 Å². The molecule has 0 bridgehead atoms. The fraction of sp³-hybridized carbons (Fsp3) is 0.320. The van der Waals surface area contributed by atoms with Crippen LogP contribution in [0.15, 0.2) is 49.1 Å². The Morgan fingerprint density at radius 2 is 1.76 bits per heavy atom. The summed E-state index contributed by atoms with van der Waals surface area (Å²) in [4.78, 5) is 37.4. The molecule has 0 saturated carbocycles. The van der Waals surface area contributed by atoms with Gasteiger partial charge < -0.3 is 20.2 Å². The van der Waals surface area contributed by atoms with Gasteiger partial charge in [0.25, 0.3) is 5.91 Å². The number of benzene rings is 1. The predicted octanol–water partition coefficient (Wildman–Crippen LogP) is 2.88. The zero-order valence-electron chi connectivity index (χ0n) is 20.8. The number of nitrogens with one attached hydrogen (secondary N) is 1. The number of piperazine rings is 1. The zero-order valence-corrected chi connectivity index (χ0v) is 20.8. The molecule has 38 heavy (non-hydrogen) atoms. The van der Waals surface area contributed by atoms with Gasteiger partial charge in [-0.25, -0.2) is 23.1 Å². The molecule has 3 aromatic rings. The SMILES string of the molecule is C[C@H](C(=O)Nc1cnc(Oc2c(F)cc(F)cc2F)cn1)N1CCN(C(=O)c2cc[n+]([O-])cc2)C(C)(C)C1. The molecule has 13 heteroatoms. The van der Waals surface area contributed by atoms with Gasteiger partial charge in [-0.3, -0.25) is 14.5 Å². The van der Waals surface area contributed by atoms with Crippen molar-refractivity contribution in [1.82, 2.24) is 19.8 Å². The van der Waals surface area contributed by atoms with Crippen molar-refractivity contribution in [2.45, 2.75) is 32.4 Å². The number of ether oxygens (including phenoxy) is 1. The molecule has 200 valence electrons. The molecule has 1 aromatic carbocycles. The summed E-state index contributed by atoms with van der Waals surface area (Å²) in [6, 6.07) is 3.31. The van der Waals surface area contributed by atoms with Crippen LogP contribution in [0.1, 0.15) is 31.1 Å². The van der Waals surface area contributed by atoms with E-state index in [1.807, 2.05) is 18.7 Å². The third kappa shape index (κ3) is 5.83. The van der Waals surface area contributed by atoms with Crippen LogP contribution < -0.4 is 14.8 Å². The van der Waals surface area contributed by atoms with Crippen LogP contribution >= 0.6 is 0 Å². The van der Waals surface area contributed by atoms with E-state index in [-0.39, 0.29) is 23.5 Å². The fourth-order valence-electron chi connectivity index (χ4n) is 4.17. The Morgan fingerprint density at radius 3 is 2.34 bits per heavy atom. The lowest BCUT2D eigenvalue weighted by molar-refractivity contribution is -0.605. The molecule has 1 aliphatic heterocycles. The van der Waals surface area contributed by atoms with Crippen LogP contribution in [0.5, 0.6) is 11.6 Å². The molecule has 1 aliphatic rings. The van der Waals surface area contributed by atoms with Crippen LogP contribution in [0.25, 0.3) is 0 Å². The molecule has 0 aliphatic carbocycles. The van der Waals surface area contributed by atoms with E-state index in [0.29, 0.717) is 42.1 Å². The Labute approximate surface area is 216 Å². The Balaban J connectivity index is 1.36. The van der Waals surface area contributed by atoms with E-state index in [2.05, 4.69) is 15.3 Å². The van der Waals surface area contributed by atoms with Gasteiger partial charge in [0.2, 0.25) is 17.5 Å². The Morgan fingerprint density at radius 1 is 1.11 bits per heavy atom. The lowest BCUT2D eigenvalue weighted by atomic mass is 9.96. The lowest BCUT2D eigenvalue weighted by Gasteiger charge is -2.48. The van der Waals surface area contributed by atoms with E-state index in [0.717, 1.165) is 12.4 Å².